The van der Waals surface area contributed by atoms with E-state index < -0.39 is 0 Å². The van der Waals surface area contributed by atoms with E-state index in [-0.39, 0.29) is 5.78 Å². The summed E-state index contributed by atoms with van der Waals surface area (Å²) in [5.41, 5.74) is 4.19. The Morgan fingerprint density at radius 1 is 1.00 bits per heavy atom. The number of hydrogen-bond donors (Lipinski definition) is 0. The summed E-state index contributed by atoms with van der Waals surface area (Å²) in [5, 5.41) is 9.19. The summed E-state index contributed by atoms with van der Waals surface area (Å²) in [6, 6.07) is 15.5. The minimum Gasteiger partial charge on any atom is -0.293 e. The van der Waals surface area contributed by atoms with Crippen molar-refractivity contribution in [1.82, 2.24) is 14.8 Å². The van der Waals surface area contributed by atoms with Crippen LogP contribution >= 0.6 is 11.8 Å². The van der Waals surface area contributed by atoms with Crippen LogP contribution in [-0.2, 0) is 0 Å². The van der Waals surface area contributed by atoms with Gasteiger partial charge in [-0.2, -0.15) is 0 Å². The molecule has 0 aliphatic heterocycles. The molecule has 0 unspecified atom stereocenters. The topological polar surface area (TPSA) is 47.8 Å². The van der Waals surface area contributed by atoms with Crippen molar-refractivity contribution in [3.05, 3.63) is 71.0 Å². The summed E-state index contributed by atoms with van der Waals surface area (Å²) in [7, 11) is 0. The smallest absolute Gasteiger partial charge is 0.196 e. The van der Waals surface area contributed by atoms with E-state index in [0.29, 0.717) is 5.75 Å². The molecule has 122 valence electrons. The number of carbonyl (C=O) groups excluding carboxylic acids is 1. The lowest BCUT2D eigenvalue weighted by molar-refractivity contribution is 0.102. The van der Waals surface area contributed by atoms with Gasteiger partial charge in [0.15, 0.2) is 10.9 Å². The van der Waals surface area contributed by atoms with Gasteiger partial charge in [0.05, 0.1) is 11.4 Å². The molecule has 0 N–H and O–H groups in total. The van der Waals surface area contributed by atoms with E-state index >= 15 is 0 Å². The molecule has 0 bridgehead atoms. The summed E-state index contributed by atoms with van der Waals surface area (Å²) >= 11 is 1.42. The van der Waals surface area contributed by atoms with E-state index in [0.717, 1.165) is 22.2 Å². The summed E-state index contributed by atoms with van der Waals surface area (Å²) in [6.07, 6.45) is 0. The largest absolute Gasteiger partial charge is 0.293 e. The third-order valence-electron chi connectivity index (χ3n) is 4.04. The van der Waals surface area contributed by atoms with Gasteiger partial charge in [0.1, 0.15) is 5.82 Å². The van der Waals surface area contributed by atoms with Gasteiger partial charge in [-0.15, -0.1) is 10.2 Å². The van der Waals surface area contributed by atoms with Crippen LogP contribution in [0.1, 0.15) is 27.3 Å². The minimum absolute atomic E-state index is 0.0915. The second-order valence-electron chi connectivity index (χ2n) is 5.66. The fourth-order valence-electron chi connectivity index (χ4n) is 2.53. The fraction of sp³-hybridized carbons (Fsp3) is 0.211. The van der Waals surface area contributed by atoms with Crippen LogP contribution in [0.15, 0.2) is 53.7 Å². The van der Waals surface area contributed by atoms with Gasteiger partial charge < -0.3 is 0 Å². The van der Waals surface area contributed by atoms with Gasteiger partial charge >= 0.3 is 0 Å². The van der Waals surface area contributed by atoms with Crippen molar-refractivity contribution in [2.75, 3.05) is 5.75 Å². The van der Waals surface area contributed by atoms with E-state index in [4.69, 9.17) is 0 Å². The van der Waals surface area contributed by atoms with E-state index in [1.165, 1.54) is 22.9 Å². The van der Waals surface area contributed by atoms with Crippen molar-refractivity contribution in [1.29, 1.82) is 0 Å². The molecule has 5 heteroatoms. The normalized spacial score (nSPS) is 10.8. The van der Waals surface area contributed by atoms with Crippen LogP contribution in [0.2, 0.25) is 0 Å². The Balaban J connectivity index is 1.86. The van der Waals surface area contributed by atoms with Gasteiger partial charge in [-0.1, -0.05) is 54.2 Å². The Kier molecular flexibility index (Phi) is 4.81. The summed E-state index contributed by atoms with van der Waals surface area (Å²) in [5.74, 6) is 1.25. The first-order chi connectivity index (χ1) is 11.6. The van der Waals surface area contributed by atoms with Crippen LogP contribution < -0.4 is 0 Å². The van der Waals surface area contributed by atoms with Crippen LogP contribution in [0.5, 0.6) is 0 Å². The number of rotatable bonds is 5. The maximum Gasteiger partial charge on any atom is 0.196 e. The highest BCUT2D eigenvalue weighted by Gasteiger charge is 2.15. The van der Waals surface area contributed by atoms with Gasteiger partial charge in [0.2, 0.25) is 0 Å². The second kappa shape index (κ2) is 7.01. The molecule has 0 amide bonds. The number of aromatic nitrogens is 3. The summed E-state index contributed by atoms with van der Waals surface area (Å²) < 4.78 is 2.02. The average Bonchev–Trinajstić information content (AvgIpc) is 2.96. The van der Waals surface area contributed by atoms with Crippen molar-refractivity contribution in [3.8, 4) is 5.69 Å². The second-order valence-corrected chi connectivity index (χ2v) is 6.60. The number of nitrogens with zero attached hydrogens (tertiary/aromatic N) is 3. The van der Waals surface area contributed by atoms with Crippen molar-refractivity contribution < 1.29 is 4.79 Å². The molecule has 1 aromatic heterocycles. The predicted octanol–water partition coefficient (Wildman–Crippen LogP) is 4.17. The Morgan fingerprint density at radius 3 is 2.50 bits per heavy atom. The average molecular weight is 337 g/mol. The molecule has 0 saturated heterocycles. The zero-order valence-electron chi connectivity index (χ0n) is 14.0. The number of hydrogen-bond acceptors (Lipinski definition) is 4. The number of ketones is 1. The zero-order valence-corrected chi connectivity index (χ0v) is 14.8. The van der Waals surface area contributed by atoms with Gasteiger partial charge in [0.25, 0.3) is 0 Å². The number of Topliss-reactive ketones (excluding diaryl/α,β-unsaturated/α-hetero) is 1. The Hall–Kier alpha value is -2.40. The van der Waals surface area contributed by atoms with Gasteiger partial charge in [-0.05, 0) is 38.0 Å². The summed E-state index contributed by atoms with van der Waals surface area (Å²) in [6.45, 7) is 6.11. The molecule has 0 spiro atoms. The zero-order chi connectivity index (χ0) is 17.1. The third-order valence-corrected chi connectivity index (χ3v) is 4.97. The lowest BCUT2D eigenvalue weighted by atomic mass is 10.1. The van der Waals surface area contributed by atoms with Crippen molar-refractivity contribution >= 4 is 17.5 Å². The molecule has 0 fully saturated rings. The molecule has 0 aliphatic carbocycles. The molecule has 24 heavy (non-hydrogen) atoms. The fourth-order valence-corrected chi connectivity index (χ4v) is 3.41. The molecule has 1 heterocycles. The quantitative estimate of drug-likeness (QED) is 0.518. The Bertz CT molecular complexity index is 872. The molecule has 2 aromatic carbocycles. The van der Waals surface area contributed by atoms with Gasteiger partial charge in [-0.3, -0.25) is 9.36 Å². The van der Waals surface area contributed by atoms with E-state index in [2.05, 4.69) is 36.2 Å². The maximum atomic E-state index is 12.3. The first-order valence-electron chi connectivity index (χ1n) is 7.77. The number of carbonyl (C=O) groups is 1. The Morgan fingerprint density at radius 2 is 1.75 bits per heavy atom. The molecular weight excluding hydrogens is 318 g/mol. The third kappa shape index (κ3) is 3.26. The van der Waals surface area contributed by atoms with Crippen molar-refractivity contribution in [2.45, 2.75) is 25.9 Å². The van der Waals surface area contributed by atoms with Crippen LogP contribution in [-0.4, -0.2) is 26.3 Å². The first-order valence-corrected chi connectivity index (χ1v) is 8.76. The predicted molar refractivity (Wildman–Crippen MR) is 97.1 cm³/mol. The molecule has 3 rings (SSSR count). The highest BCUT2D eigenvalue weighted by atomic mass is 32.2. The highest BCUT2D eigenvalue weighted by molar-refractivity contribution is 7.99. The van der Waals surface area contributed by atoms with E-state index in [1.54, 1.807) is 0 Å². The molecular formula is C19H19N3OS. The lowest BCUT2D eigenvalue weighted by Gasteiger charge is -2.12. The first kappa shape index (κ1) is 16.5. The standard InChI is InChI=1S/C19H19N3OS/c1-13-8-7-11-17(14(13)2)22-15(3)20-21-19(22)24-12-18(23)16-9-5-4-6-10-16/h4-11H,12H2,1-3H3. The highest BCUT2D eigenvalue weighted by Crippen LogP contribution is 2.25. The van der Waals surface area contributed by atoms with Crippen molar-refractivity contribution in [3.63, 3.8) is 0 Å². The molecule has 0 saturated carbocycles. The number of thioether (sulfide) groups is 1. The number of benzene rings is 2. The lowest BCUT2D eigenvalue weighted by Crippen LogP contribution is -2.06. The van der Waals surface area contributed by atoms with Gasteiger partial charge in [-0.25, -0.2) is 0 Å². The Labute approximate surface area is 145 Å². The van der Waals surface area contributed by atoms with Crippen LogP contribution in [0.3, 0.4) is 0 Å². The minimum atomic E-state index is 0.0915. The maximum absolute atomic E-state index is 12.3. The monoisotopic (exact) mass is 337 g/mol. The van der Waals surface area contributed by atoms with Crippen molar-refractivity contribution in [2.24, 2.45) is 0 Å². The van der Waals surface area contributed by atoms with Crippen LogP contribution in [0.4, 0.5) is 0 Å². The molecule has 0 radical (unpaired) electrons. The van der Waals surface area contributed by atoms with Crippen LogP contribution in [0, 0.1) is 20.8 Å². The molecule has 0 atom stereocenters. The molecule has 3 aromatic rings. The number of aryl methyl sites for hydroxylation is 2. The van der Waals surface area contributed by atoms with E-state index in [1.807, 2.05) is 47.9 Å². The van der Waals surface area contributed by atoms with Crippen LogP contribution in [0.25, 0.3) is 5.69 Å². The molecule has 4 nitrogen and oxygen atoms in total. The van der Waals surface area contributed by atoms with Gasteiger partial charge in [0, 0.05) is 5.56 Å². The van der Waals surface area contributed by atoms with E-state index in [9.17, 15) is 4.79 Å². The summed E-state index contributed by atoms with van der Waals surface area (Å²) in [4.78, 5) is 12.3. The molecule has 0 aliphatic rings. The SMILES string of the molecule is Cc1cccc(-n2c(C)nnc2SCC(=O)c2ccccc2)c1C.